The minimum atomic E-state index is -0.497. The lowest BCUT2D eigenvalue weighted by Gasteiger charge is -2.22. The summed E-state index contributed by atoms with van der Waals surface area (Å²) in [6, 6.07) is 13.7. The number of para-hydroxylation sites is 1. The van der Waals surface area contributed by atoms with Crippen molar-refractivity contribution in [2.75, 3.05) is 18.5 Å². The van der Waals surface area contributed by atoms with Crippen molar-refractivity contribution >= 4 is 5.69 Å². The third-order valence-corrected chi connectivity index (χ3v) is 2.73. The number of hydrogen-bond acceptors (Lipinski definition) is 3. The number of anilines is 1. The summed E-state index contributed by atoms with van der Waals surface area (Å²) in [4.78, 5) is 5.97. The molecule has 0 aliphatic rings. The van der Waals surface area contributed by atoms with Crippen LogP contribution in [0, 0.1) is 0 Å². The van der Waals surface area contributed by atoms with Gasteiger partial charge in [0, 0.05) is 31.7 Å². The Morgan fingerprint density at radius 3 is 2.41 bits per heavy atom. The van der Waals surface area contributed by atoms with Crippen LogP contribution in [-0.4, -0.2) is 23.7 Å². The van der Waals surface area contributed by atoms with Gasteiger partial charge in [0.2, 0.25) is 0 Å². The molecule has 0 aliphatic heterocycles. The molecule has 1 unspecified atom stereocenters. The second-order valence-corrected chi connectivity index (χ2v) is 4.01. The second-order valence-electron chi connectivity index (χ2n) is 4.01. The summed E-state index contributed by atoms with van der Waals surface area (Å²) in [6.45, 7) is 0.564. The van der Waals surface area contributed by atoms with Crippen LogP contribution in [-0.2, 0) is 0 Å². The van der Waals surface area contributed by atoms with Gasteiger partial charge in [-0.1, -0.05) is 18.2 Å². The van der Waals surface area contributed by atoms with Crippen molar-refractivity contribution in [1.29, 1.82) is 0 Å². The predicted molar refractivity (Wildman–Crippen MR) is 68.9 cm³/mol. The van der Waals surface area contributed by atoms with Gasteiger partial charge < -0.3 is 10.0 Å². The number of hydrogen-bond donors (Lipinski definition) is 1. The van der Waals surface area contributed by atoms with Crippen LogP contribution in [0.3, 0.4) is 0 Å². The largest absolute Gasteiger partial charge is 0.387 e. The molecule has 17 heavy (non-hydrogen) atoms. The average molecular weight is 228 g/mol. The third kappa shape index (κ3) is 3.04. The van der Waals surface area contributed by atoms with Gasteiger partial charge in [0.25, 0.3) is 0 Å². The molecule has 88 valence electrons. The molecule has 0 saturated heterocycles. The van der Waals surface area contributed by atoms with Crippen molar-refractivity contribution < 1.29 is 5.11 Å². The smallest absolute Gasteiger partial charge is 0.0965 e. The SMILES string of the molecule is CN(CC(O)c1ccncc1)c1ccccc1. The number of aliphatic hydroxyl groups is 1. The van der Waals surface area contributed by atoms with E-state index in [0.717, 1.165) is 11.3 Å². The summed E-state index contributed by atoms with van der Waals surface area (Å²) in [5.41, 5.74) is 1.99. The Morgan fingerprint density at radius 2 is 1.76 bits per heavy atom. The van der Waals surface area contributed by atoms with E-state index < -0.39 is 6.10 Å². The van der Waals surface area contributed by atoms with E-state index in [1.165, 1.54) is 0 Å². The van der Waals surface area contributed by atoms with Crippen LogP contribution >= 0.6 is 0 Å². The number of aromatic nitrogens is 1. The van der Waals surface area contributed by atoms with Gasteiger partial charge in [0.1, 0.15) is 0 Å². The van der Waals surface area contributed by atoms with Crippen molar-refractivity contribution in [3.8, 4) is 0 Å². The van der Waals surface area contributed by atoms with Crippen LogP contribution in [0.2, 0.25) is 0 Å². The summed E-state index contributed by atoms with van der Waals surface area (Å²) < 4.78 is 0. The molecular formula is C14H16N2O. The molecule has 0 amide bonds. The van der Waals surface area contributed by atoms with Gasteiger partial charge in [-0.15, -0.1) is 0 Å². The van der Waals surface area contributed by atoms with Gasteiger partial charge in [-0.25, -0.2) is 0 Å². The number of benzene rings is 1. The number of nitrogens with zero attached hydrogens (tertiary/aromatic N) is 2. The normalized spacial score (nSPS) is 12.1. The molecule has 0 fully saturated rings. The lowest BCUT2D eigenvalue weighted by molar-refractivity contribution is 0.185. The molecule has 1 aromatic heterocycles. The van der Waals surface area contributed by atoms with E-state index in [1.807, 2.05) is 54.4 Å². The molecule has 1 heterocycles. The standard InChI is InChI=1S/C14H16N2O/c1-16(13-5-3-2-4-6-13)11-14(17)12-7-9-15-10-8-12/h2-10,14,17H,11H2,1H3. The summed E-state index contributed by atoms with van der Waals surface area (Å²) in [7, 11) is 1.97. The highest BCUT2D eigenvalue weighted by molar-refractivity contribution is 5.45. The van der Waals surface area contributed by atoms with Crippen molar-refractivity contribution in [1.82, 2.24) is 4.98 Å². The Morgan fingerprint density at radius 1 is 1.12 bits per heavy atom. The van der Waals surface area contributed by atoms with Gasteiger partial charge in [-0.2, -0.15) is 0 Å². The number of likely N-dealkylation sites (N-methyl/N-ethyl adjacent to an activating group) is 1. The highest BCUT2D eigenvalue weighted by atomic mass is 16.3. The third-order valence-electron chi connectivity index (χ3n) is 2.73. The Bertz CT molecular complexity index is 401. The lowest BCUT2D eigenvalue weighted by atomic mass is 10.1. The number of rotatable bonds is 4. The van der Waals surface area contributed by atoms with Gasteiger partial charge >= 0.3 is 0 Å². The van der Waals surface area contributed by atoms with Gasteiger partial charge in [-0.3, -0.25) is 4.98 Å². The maximum atomic E-state index is 10.1. The van der Waals surface area contributed by atoms with Crippen molar-refractivity contribution in [2.24, 2.45) is 0 Å². The molecule has 3 heteroatoms. The molecular weight excluding hydrogens is 212 g/mol. The quantitative estimate of drug-likeness (QED) is 0.872. The predicted octanol–water partition coefficient (Wildman–Crippen LogP) is 2.25. The fourth-order valence-corrected chi connectivity index (χ4v) is 1.74. The zero-order chi connectivity index (χ0) is 12.1. The molecule has 2 aromatic rings. The molecule has 1 N–H and O–H groups in total. The summed E-state index contributed by atoms with van der Waals surface area (Å²) >= 11 is 0. The Balaban J connectivity index is 2.02. The minimum absolute atomic E-state index is 0.497. The highest BCUT2D eigenvalue weighted by Crippen LogP contribution is 2.17. The monoisotopic (exact) mass is 228 g/mol. The Labute approximate surface area is 101 Å². The number of aliphatic hydroxyl groups excluding tert-OH is 1. The maximum Gasteiger partial charge on any atom is 0.0965 e. The van der Waals surface area contributed by atoms with Gasteiger partial charge in [-0.05, 0) is 29.8 Å². The molecule has 2 rings (SSSR count). The van der Waals surface area contributed by atoms with Crippen molar-refractivity contribution in [2.45, 2.75) is 6.10 Å². The molecule has 0 spiro atoms. The summed E-state index contributed by atoms with van der Waals surface area (Å²) in [5.74, 6) is 0. The summed E-state index contributed by atoms with van der Waals surface area (Å²) in [6.07, 6.45) is 2.89. The van der Waals surface area contributed by atoms with Crippen LogP contribution < -0.4 is 4.90 Å². The lowest BCUT2D eigenvalue weighted by Crippen LogP contribution is -2.24. The van der Waals surface area contributed by atoms with E-state index in [0.29, 0.717) is 6.54 Å². The van der Waals surface area contributed by atoms with E-state index in [1.54, 1.807) is 12.4 Å². The molecule has 1 atom stereocenters. The average Bonchev–Trinajstić information content (AvgIpc) is 2.40. The first-order chi connectivity index (χ1) is 8.27. The Hall–Kier alpha value is -1.87. The van der Waals surface area contributed by atoms with E-state index >= 15 is 0 Å². The second kappa shape index (κ2) is 5.46. The van der Waals surface area contributed by atoms with E-state index in [-0.39, 0.29) is 0 Å². The highest BCUT2D eigenvalue weighted by Gasteiger charge is 2.10. The first-order valence-electron chi connectivity index (χ1n) is 5.61. The first kappa shape index (κ1) is 11.6. The fraction of sp³-hybridized carbons (Fsp3) is 0.214. The number of pyridine rings is 1. The van der Waals surface area contributed by atoms with Crippen molar-refractivity contribution in [3.05, 3.63) is 60.4 Å². The maximum absolute atomic E-state index is 10.1. The van der Waals surface area contributed by atoms with Crippen LogP contribution in [0.5, 0.6) is 0 Å². The molecule has 0 bridgehead atoms. The van der Waals surface area contributed by atoms with E-state index in [9.17, 15) is 5.11 Å². The van der Waals surface area contributed by atoms with Gasteiger partial charge in [0.05, 0.1) is 6.10 Å². The zero-order valence-corrected chi connectivity index (χ0v) is 9.82. The van der Waals surface area contributed by atoms with Crippen LogP contribution in [0.4, 0.5) is 5.69 Å². The topological polar surface area (TPSA) is 36.4 Å². The zero-order valence-electron chi connectivity index (χ0n) is 9.82. The molecule has 0 aliphatic carbocycles. The molecule has 3 nitrogen and oxygen atoms in total. The molecule has 1 aromatic carbocycles. The van der Waals surface area contributed by atoms with Crippen LogP contribution in [0.1, 0.15) is 11.7 Å². The fourth-order valence-electron chi connectivity index (χ4n) is 1.74. The van der Waals surface area contributed by atoms with Gasteiger partial charge in [0.15, 0.2) is 0 Å². The molecule has 0 radical (unpaired) electrons. The van der Waals surface area contributed by atoms with Crippen LogP contribution in [0.15, 0.2) is 54.9 Å². The van der Waals surface area contributed by atoms with E-state index in [4.69, 9.17) is 0 Å². The molecule has 0 saturated carbocycles. The van der Waals surface area contributed by atoms with E-state index in [2.05, 4.69) is 4.98 Å². The Kier molecular flexibility index (Phi) is 3.73. The van der Waals surface area contributed by atoms with Crippen molar-refractivity contribution in [3.63, 3.8) is 0 Å². The summed E-state index contributed by atoms with van der Waals surface area (Å²) in [5, 5.41) is 10.1. The minimum Gasteiger partial charge on any atom is -0.387 e. The van der Waals surface area contributed by atoms with Crippen LogP contribution in [0.25, 0.3) is 0 Å². The first-order valence-corrected chi connectivity index (χ1v) is 5.61.